The number of thioether (sulfide) groups is 1. The minimum atomic E-state index is 0.411. The molecule has 0 aliphatic heterocycles. The van der Waals surface area contributed by atoms with Crippen LogP contribution in [0.25, 0.3) is 0 Å². The highest BCUT2D eigenvalue weighted by molar-refractivity contribution is 7.98. The van der Waals surface area contributed by atoms with E-state index < -0.39 is 0 Å². The van der Waals surface area contributed by atoms with Crippen molar-refractivity contribution < 1.29 is 4.74 Å². The van der Waals surface area contributed by atoms with E-state index in [1.165, 1.54) is 0 Å². The van der Waals surface area contributed by atoms with E-state index in [-0.39, 0.29) is 0 Å². The number of para-hydroxylation sites is 1. The number of ether oxygens (including phenoxy) is 1. The van der Waals surface area contributed by atoms with E-state index >= 15 is 0 Å². The molecular formula is C14H12N2OS. The van der Waals surface area contributed by atoms with Crippen LogP contribution in [0.1, 0.15) is 11.3 Å². The zero-order valence-electron chi connectivity index (χ0n) is 9.96. The van der Waals surface area contributed by atoms with Crippen LogP contribution in [0, 0.1) is 11.3 Å². The zero-order valence-corrected chi connectivity index (χ0v) is 10.8. The zero-order chi connectivity index (χ0) is 12.8. The Morgan fingerprint density at radius 2 is 2.17 bits per heavy atom. The molecule has 0 N–H and O–H groups in total. The number of benzene rings is 1. The minimum absolute atomic E-state index is 0.411. The van der Waals surface area contributed by atoms with E-state index in [0.29, 0.717) is 12.3 Å². The van der Waals surface area contributed by atoms with Gasteiger partial charge < -0.3 is 4.74 Å². The lowest BCUT2D eigenvalue weighted by molar-refractivity contribution is 0.299. The lowest BCUT2D eigenvalue weighted by Gasteiger charge is -2.09. The Morgan fingerprint density at radius 1 is 1.33 bits per heavy atom. The first-order valence-electron chi connectivity index (χ1n) is 5.44. The van der Waals surface area contributed by atoms with Crippen molar-refractivity contribution in [2.24, 2.45) is 0 Å². The summed E-state index contributed by atoms with van der Waals surface area (Å²) in [4.78, 5) is 5.03. The lowest BCUT2D eigenvalue weighted by atomic mass is 10.2. The van der Waals surface area contributed by atoms with Crippen molar-refractivity contribution >= 4 is 11.8 Å². The average molecular weight is 256 g/mol. The first kappa shape index (κ1) is 12.5. The summed E-state index contributed by atoms with van der Waals surface area (Å²) < 4.78 is 5.76. The Hall–Kier alpha value is -1.99. The van der Waals surface area contributed by atoms with Crippen LogP contribution in [0.3, 0.4) is 0 Å². The molecule has 0 fully saturated rings. The van der Waals surface area contributed by atoms with Gasteiger partial charge in [0.25, 0.3) is 0 Å². The number of nitriles is 1. The molecule has 1 aromatic carbocycles. The second-order valence-electron chi connectivity index (χ2n) is 3.60. The third-order valence-corrected chi connectivity index (χ3v) is 3.18. The fraction of sp³-hybridized carbons (Fsp3) is 0.143. The Labute approximate surface area is 110 Å². The van der Waals surface area contributed by atoms with Gasteiger partial charge in [-0.05, 0) is 36.1 Å². The number of pyridine rings is 1. The van der Waals surface area contributed by atoms with Gasteiger partial charge in [0.1, 0.15) is 24.1 Å². The third kappa shape index (κ3) is 3.02. The number of hydrogen-bond donors (Lipinski definition) is 0. The van der Waals surface area contributed by atoms with Crippen molar-refractivity contribution in [3.05, 3.63) is 53.9 Å². The van der Waals surface area contributed by atoms with E-state index in [1.54, 1.807) is 24.0 Å². The van der Waals surface area contributed by atoms with Crippen LogP contribution in [0.4, 0.5) is 0 Å². The predicted octanol–water partition coefficient (Wildman–Crippen LogP) is 3.25. The molecule has 0 radical (unpaired) electrons. The number of nitrogens with zero attached hydrogens (tertiary/aromatic N) is 2. The molecule has 0 aliphatic carbocycles. The highest BCUT2D eigenvalue weighted by atomic mass is 32.2. The van der Waals surface area contributed by atoms with Crippen LogP contribution >= 0.6 is 11.8 Å². The van der Waals surface area contributed by atoms with E-state index in [9.17, 15) is 0 Å². The summed E-state index contributed by atoms with van der Waals surface area (Å²) in [6, 6.07) is 13.5. The first-order chi connectivity index (χ1) is 8.83. The predicted molar refractivity (Wildman–Crippen MR) is 71.5 cm³/mol. The molecule has 1 heterocycles. The second-order valence-corrected chi connectivity index (χ2v) is 4.45. The standard InChI is InChI=1S/C14H12N2OS/c1-18-14-5-3-2-4-13(14)17-10-11-6-7-16-12(8-11)9-15/h2-8H,10H2,1H3. The van der Waals surface area contributed by atoms with Gasteiger partial charge in [-0.25, -0.2) is 4.98 Å². The van der Waals surface area contributed by atoms with Crippen LogP contribution in [0.2, 0.25) is 0 Å². The van der Waals surface area contributed by atoms with Crippen molar-refractivity contribution in [3.8, 4) is 11.8 Å². The normalized spacial score (nSPS) is 9.78. The fourth-order valence-corrected chi connectivity index (χ4v) is 2.07. The number of rotatable bonds is 4. The van der Waals surface area contributed by atoms with Gasteiger partial charge in [-0.15, -0.1) is 11.8 Å². The Kier molecular flexibility index (Phi) is 4.21. The molecule has 0 bridgehead atoms. The van der Waals surface area contributed by atoms with Crippen molar-refractivity contribution in [2.75, 3.05) is 6.26 Å². The summed E-state index contributed by atoms with van der Waals surface area (Å²) in [5.74, 6) is 0.861. The highest BCUT2D eigenvalue weighted by Crippen LogP contribution is 2.27. The first-order valence-corrected chi connectivity index (χ1v) is 6.67. The summed E-state index contributed by atoms with van der Waals surface area (Å²) >= 11 is 1.65. The van der Waals surface area contributed by atoms with Gasteiger partial charge in [-0.3, -0.25) is 0 Å². The Balaban J connectivity index is 2.09. The minimum Gasteiger partial charge on any atom is -0.488 e. The maximum atomic E-state index is 8.77. The molecule has 18 heavy (non-hydrogen) atoms. The molecule has 0 aliphatic rings. The van der Waals surface area contributed by atoms with Crippen LogP contribution in [-0.2, 0) is 6.61 Å². The maximum Gasteiger partial charge on any atom is 0.140 e. The van der Waals surface area contributed by atoms with E-state index in [4.69, 9.17) is 10.00 Å². The van der Waals surface area contributed by atoms with Gasteiger partial charge in [0.2, 0.25) is 0 Å². The summed E-state index contributed by atoms with van der Waals surface area (Å²) in [6.07, 6.45) is 3.64. The number of hydrogen-bond acceptors (Lipinski definition) is 4. The Bertz CT molecular complexity index is 578. The topological polar surface area (TPSA) is 45.9 Å². The maximum absolute atomic E-state index is 8.77. The molecular weight excluding hydrogens is 244 g/mol. The second kappa shape index (κ2) is 6.08. The molecule has 0 spiro atoms. The molecule has 0 saturated carbocycles. The van der Waals surface area contributed by atoms with E-state index in [1.807, 2.05) is 42.7 Å². The van der Waals surface area contributed by atoms with Crippen molar-refractivity contribution in [1.82, 2.24) is 4.98 Å². The summed E-state index contributed by atoms with van der Waals surface area (Å²) in [5, 5.41) is 8.77. The summed E-state index contributed by atoms with van der Waals surface area (Å²) in [7, 11) is 0. The van der Waals surface area contributed by atoms with Crippen molar-refractivity contribution in [1.29, 1.82) is 5.26 Å². The molecule has 1 aromatic heterocycles. The summed E-state index contributed by atoms with van der Waals surface area (Å²) in [6.45, 7) is 0.439. The largest absolute Gasteiger partial charge is 0.488 e. The molecule has 0 atom stereocenters. The fourth-order valence-electron chi connectivity index (χ4n) is 1.52. The van der Waals surface area contributed by atoms with Gasteiger partial charge in [-0.2, -0.15) is 5.26 Å². The highest BCUT2D eigenvalue weighted by Gasteiger charge is 2.02. The SMILES string of the molecule is CSc1ccccc1OCc1ccnc(C#N)c1. The van der Waals surface area contributed by atoms with E-state index in [0.717, 1.165) is 16.2 Å². The molecule has 0 saturated heterocycles. The number of aromatic nitrogens is 1. The van der Waals surface area contributed by atoms with Gasteiger partial charge in [0.15, 0.2) is 0 Å². The van der Waals surface area contributed by atoms with Crippen LogP contribution < -0.4 is 4.74 Å². The average Bonchev–Trinajstić information content (AvgIpc) is 2.45. The van der Waals surface area contributed by atoms with Gasteiger partial charge >= 0.3 is 0 Å². The molecule has 4 heteroatoms. The molecule has 90 valence electrons. The van der Waals surface area contributed by atoms with Crippen LogP contribution in [0.15, 0.2) is 47.5 Å². The third-order valence-electron chi connectivity index (χ3n) is 2.40. The smallest absolute Gasteiger partial charge is 0.140 e. The van der Waals surface area contributed by atoms with E-state index in [2.05, 4.69) is 4.98 Å². The van der Waals surface area contributed by atoms with Crippen molar-refractivity contribution in [2.45, 2.75) is 11.5 Å². The molecule has 3 nitrogen and oxygen atoms in total. The van der Waals surface area contributed by atoms with Crippen LogP contribution in [0.5, 0.6) is 5.75 Å². The monoisotopic (exact) mass is 256 g/mol. The van der Waals surface area contributed by atoms with Crippen LogP contribution in [-0.4, -0.2) is 11.2 Å². The Morgan fingerprint density at radius 3 is 2.94 bits per heavy atom. The van der Waals surface area contributed by atoms with Gasteiger partial charge in [0, 0.05) is 11.1 Å². The molecule has 2 rings (SSSR count). The van der Waals surface area contributed by atoms with Crippen molar-refractivity contribution in [3.63, 3.8) is 0 Å². The molecule has 0 amide bonds. The van der Waals surface area contributed by atoms with Gasteiger partial charge in [-0.1, -0.05) is 12.1 Å². The quantitative estimate of drug-likeness (QED) is 0.788. The molecule has 0 unspecified atom stereocenters. The van der Waals surface area contributed by atoms with Gasteiger partial charge in [0.05, 0.1) is 0 Å². The lowest BCUT2D eigenvalue weighted by Crippen LogP contribution is -1.97. The molecule has 2 aromatic rings. The summed E-state index contributed by atoms with van der Waals surface area (Å²) in [5.41, 5.74) is 1.35.